The zero-order valence-corrected chi connectivity index (χ0v) is 10.5. The highest BCUT2D eigenvalue weighted by molar-refractivity contribution is 6.33. The third-order valence-corrected chi connectivity index (χ3v) is 2.77. The van der Waals surface area contributed by atoms with Gasteiger partial charge in [-0.15, -0.1) is 0 Å². The number of ketones is 1. The van der Waals surface area contributed by atoms with Crippen LogP contribution in [0.5, 0.6) is 0 Å². The first-order valence-corrected chi connectivity index (χ1v) is 5.67. The third kappa shape index (κ3) is 2.55. The molecule has 2 N–H and O–H groups in total. The van der Waals surface area contributed by atoms with Gasteiger partial charge >= 0.3 is 0 Å². The van der Waals surface area contributed by atoms with E-state index in [0.717, 1.165) is 0 Å². The van der Waals surface area contributed by atoms with Gasteiger partial charge in [0.25, 0.3) is 0 Å². The van der Waals surface area contributed by atoms with Gasteiger partial charge in [0.05, 0.1) is 10.7 Å². The molecule has 0 atom stereocenters. The molecule has 0 aliphatic heterocycles. The summed E-state index contributed by atoms with van der Waals surface area (Å²) in [6.07, 6.45) is 0. The predicted molar refractivity (Wildman–Crippen MR) is 68.7 cm³/mol. The molecule has 0 bridgehead atoms. The van der Waals surface area contributed by atoms with Crippen molar-refractivity contribution in [2.45, 2.75) is 6.61 Å². The maximum Gasteiger partial charge on any atom is 0.228 e. The van der Waals surface area contributed by atoms with E-state index in [0.29, 0.717) is 28.6 Å². The SMILES string of the molecule is COCc1ccc(C(=O)c2ccc(Cl)c(N)c2)o1. The summed E-state index contributed by atoms with van der Waals surface area (Å²) >= 11 is 5.80. The number of anilines is 1. The lowest BCUT2D eigenvalue weighted by Gasteiger charge is -2.01. The van der Waals surface area contributed by atoms with Gasteiger partial charge in [0.15, 0.2) is 5.76 Å². The van der Waals surface area contributed by atoms with Crippen molar-refractivity contribution in [3.63, 3.8) is 0 Å². The van der Waals surface area contributed by atoms with Gasteiger partial charge in [-0.3, -0.25) is 4.79 Å². The molecule has 0 unspecified atom stereocenters. The molecule has 18 heavy (non-hydrogen) atoms. The van der Waals surface area contributed by atoms with Crippen LogP contribution in [0.4, 0.5) is 5.69 Å². The van der Waals surface area contributed by atoms with E-state index in [1.54, 1.807) is 31.4 Å². The third-order valence-electron chi connectivity index (χ3n) is 2.43. The number of furan rings is 1. The summed E-state index contributed by atoms with van der Waals surface area (Å²) in [6.45, 7) is 0.329. The first-order chi connectivity index (χ1) is 8.61. The molecule has 2 rings (SSSR count). The van der Waals surface area contributed by atoms with E-state index < -0.39 is 0 Å². The first kappa shape index (κ1) is 12.7. The topological polar surface area (TPSA) is 65.5 Å². The van der Waals surface area contributed by atoms with Gasteiger partial charge in [0.2, 0.25) is 5.78 Å². The number of halogens is 1. The zero-order valence-electron chi connectivity index (χ0n) is 9.77. The second kappa shape index (κ2) is 5.25. The van der Waals surface area contributed by atoms with E-state index in [1.165, 1.54) is 6.07 Å². The van der Waals surface area contributed by atoms with Crippen molar-refractivity contribution >= 4 is 23.1 Å². The smallest absolute Gasteiger partial charge is 0.228 e. The minimum Gasteiger partial charge on any atom is -0.455 e. The van der Waals surface area contributed by atoms with Crippen LogP contribution in [0.3, 0.4) is 0 Å². The number of rotatable bonds is 4. The lowest BCUT2D eigenvalue weighted by molar-refractivity contribution is 0.1000. The van der Waals surface area contributed by atoms with Crippen LogP contribution in [0.1, 0.15) is 21.9 Å². The molecule has 1 heterocycles. The number of benzene rings is 1. The van der Waals surface area contributed by atoms with Crippen LogP contribution in [0.25, 0.3) is 0 Å². The summed E-state index contributed by atoms with van der Waals surface area (Å²) in [6, 6.07) is 8.04. The average molecular weight is 266 g/mol. The lowest BCUT2D eigenvalue weighted by atomic mass is 10.1. The summed E-state index contributed by atoms with van der Waals surface area (Å²) in [7, 11) is 1.56. The van der Waals surface area contributed by atoms with Crippen LogP contribution < -0.4 is 5.73 Å². The summed E-state index contributed by atoms with van der Waals surface area (Å²) in [5.74, 6) is 0.618. The fourth-order valence-electron chi connectivity index (χ4n) is 1.55. The first-order valence-electron chi connectivity index (χ1n) is 5.29. The van der Waals surface area contributed by atoms with E-state index >= 15 is 0 Å². The molecule has 94 valence electrons. The van der Waals surface area contributed by atoms with Gasteiger partial charge < -0.3 is 14.9 Å². The average Bonchev–Trinajstić information content (AvgIpc) is 2.81. The lowest BCUT2D eigenvalue weighted by Crippen LogP contribution is -2.01. The minimum absolute atomic E-state index is 0.235. The summed E-state index contributed by atoms with van der Waals surface area (Å²) in [5, 5.41) is 0.422. The van der Waals surface area contributed by atoms with E-state index in [2.05, 4.69) is 0 Å². The standard InChI is InChI=1S/C13H12ClNO3/c1-17-7-9-3-5-12(18-9)13(16)8-2-4-10(14)11(15)6-8/h2-6H,7,15H2,1H3. The second-order valence-corrected chi connectivity index (χ2v) is 4.17. The number of nitrogen functional groups attached to an aromatic ring is 1. The summed E-state index contributed by atoms with van der Waals surface area (Å²) in [4.78, 5) is 12.1. The molecule has 0 aliphatic carbocycles. The van der Waals surface area contributed by atoms with Crippen molar-refractivity contribution in [2.24, 2.45) is 0 Å². The highest BCUT2D eigenvalue weighted by Gasteiger charge is 2.14. The highest BCUT2D eigenvalue weighted by Crippen LogP contribution is 2.22. The van der Waals surface area contributed by atoms with Crippen molar-refractivity contribution in [1.29, 1.82) is 0 Å². The van der Waals surface area contributed by atoms with Crippen molar-refractivity contribution in [3.05, 3.63) is 52.4 Å². The molecule has 0 radical (unpaired) electrons. The number of carbonyl (C=O) groups is 1. The number of carbonyl (C=O) groups excluding carboxylic acids is 1. The quantitative estimate of drug-likeness (QED) is 0.682. The van der Waals surface area contributed by atoms with E-state index in [-0.39, 0.29) is 11.5 Å². The minimum atomic E-state index is -0.235. The Morgan fingerprint density at radius 2 is 2.17 bits per heavy atom. The van der Waals surface area contributed by atoms with Crippen molar-refractivity contribution in [3.8, 4) is 0 Å². The molecule has 0 fully saturated rings. The highest BCUT2D eigenvalue weighted by atomic mass is 35.5. The fraction of sp³-hybridized carbons (Fsp3) is 0.154. The molecular formula is C13H12ClNO3. The van der Waals surface area contributed by atoms with E-state index in [9.17, 15) is 4.79 Å². The van der Waals surface area contributed by atoms with E-state index in [1.807, 2.05) is 0 Å². The number of ether oxygens (including phenoxy) is 1. The van der Waals surface area contributed by atoms with E-state index in [4.69, 9.17) is 26.5 Å². The van der Waals surface area contributed by atoms with Crippen LogP contribution in [0, 0.1) is 0 Å². The van der Waals surface area contributed by atoms with Crippen LogP contribution in [0.15, 0.2) is 34.7 Å². The van der Waals surface area contributed by atoms with Crippen LogP contribution in [-0.4, -0.2) is 12.9 Å². The molecule has 2 aromatic rings. The molecule has 4 nitrogen and oxygen atoms in total. The van der Waals surface area contributed by atoms with Crippen LogP contribution in [-0.2, 0) is 11.3 Å². The van der Waals surface area contributed by atoms with Gasteiger partial charge in [0, 0.05) is 12.7 Å². The summed E-state index contributed by atoms with van der Waals surface area (Å²) < 4.78 is 10.3. The van der Waals surface area contributed by atoms with Crippen LogP contribution >= 0.6 is 11.6 Å². The Labute approximate surface area is 109 Å². The summed E-state index contributed by atoms with van der Waals surface area (Å²) in [5.41, 5.74) is 6.46. The Kier molecular flexibility index (Phi) is 3.69. The number of hydrogen-bond donors (Lipinski definition) is 1. The molecule has 0 saturated heterocycles. The Bertz CT molecular complexity index is 577. The number of hydrogen-bond acceptors (Lipinski definition) is 4. The Balaban J connectivity index is 2.26. The number of nitrogens with two attached hydrogens (primary N) is 1. The van der Waals surface area contributed by atoms with Gasteiger partial charge in [-0.05, 0) is 30.3 Å². The van der Waals surface area contributed by atoms with Gasteiger partial charge in [-0.2, -0.15) is 0 Å². The molecular weight excluding hydrogens is 254 g/mol. The van der Waals surface area contributed by atoms with Crippen molar-refractivity contribution in [1.82, 2.24) is 0 Å². The zero-order chi connectivity index (χ0) is 13.1. The Morgan fingerprint density at radius 3 is 2.83 bits per heavy atom. The molecule has 1 aromatic heterocycles. The Hall–Kier alpha value is -1.78. The Morgan fingerprint density at radius 1 is 1.39 bits per heavy atom. The molecule has 5 heteroatoms. The molecule has 0 amide bonds. The molecule has 0 spiro atoms. The molecule has 0 saturated carbocycles. The van der Waals surface area contributed by atoms with Gasteiger partial charge in [-0.25, -0.2) is 0 Å². The fourth-order valence-corrected chi connectivity index (χ4v) is 1.66. The second-order valence-electron chi connectivity index (χ2n) is 3.76. The molecule has 0 aliphatic rings. The van der Waals surface area contributed by atoms with Crippen molar-refractivity contribution < 1.29 is 13.9 Å². The monoisotopic (exact) mass is 265 g/mol. The predicted octanol–water partition coefficient (Wildman–Crippen LogP) is 2.89. The van der Waals surface area contributed by atoms with Gasteiger partial charge in [-0.1, -0.05) is 11.6 Å². The van der Waals surface area contributed by atoms with Gasteiger partial charge in [0.1, 0.15) is 12.4 Å². The van der Waals surface area contributed by atoms with Crippen molar-refractivity contribution in [2.75, 3.05) is 12.8 Å². The number of methoxy groups -OCH3 is 1. The molecule has 1 aromatic carbocycles. The van der Waals surface area contributed by atoms with Crippen LogP contribution in [0.2, 0.25) is 5.02 Å². The maximum atomic E-state index is 12.1. The largest absolute Gasteiger partial charge is 0.455 e. The maximum absolute atomic E-state index is 12.1. The normalized spacial score (nSPS) is 10.6.